The molecule has 0 aliphatic carbocycles. The van der Waals surface area contributed by atoms with Crippen molar-refractivity contribution in [3.63, 3.8) is 0 Å². The van der Waals surface area contributed by atoms with E-state index in [1.807, 2.05) is 34.1 Å². The zero-order valence-electron chi connectivity index (χ0n) is 29.4. The van der Waals surface area contributed by atoms with Crippen LogP contribution in [0.2, 0.25) is 0 Å². The Morgan fingerprint density at radius 2 is 1.20 bits per heavy atom. The van der Waals surface area contributed by atoms with Gasteiger partial charge in [0.15, 0.2) is 0 Å². The summed E-state index contributed by atoms with van der Waals surface area (Å²) in [5.41, 5.74) is 0. The number of rotatable bonds is 32. The zero-order valence-corrected chi connectivity index (χ0v) is 30.3. The summed E-state index contributed by atoms with van der Waals surface area (Å²) in [5, 5.41) is 13.5. The molecular formula is C35H72N2O6P+. The summed E-state index contributed by atoms with van der Waals surface area (Å²) >= 11 is 0. The largest absolute Gasteiger partial charge is 0.472 e. The molecule has 44 heavy (non-hydrogen) atoms. The van der Waals surface area contributed by atoms with Gasteiger partial charge in [-0.3, -0.25) is 13.8 Å². The van der Waals surface area contributed by atoms with E-state index in [0.29, 0.717) is 17.4 Å². The molecule has 8 nitrogen and oxygen atoms in total. The fraction of sp³-hybridized carbons (Fsp3) is 0.914. The van der Waals surface area contributed by atoms with Crippen LogP contribution in [0.5, 0.6) is 0 Å². The quantitative estimate of drug-likeness (QED) is 0.0292. The number of unbranched alkanes of at least 4 members (excludes halogenated alkanes) is 19. The third kappa shape index (κ3) is 29.9. The summed E-state index contributed by atoms with van der Waals surface area (Å²) < 4.78 is 23.1. The lowest BCUT2D eigenvalue weighted by atomic mass is 10.0. The van der Waals surface area contributed by atoms with Crippen LogP contribution >= 0.6 is 7.82 Å². The number of nitrogens with zero attached hydrogens (tertiary/aromatic N) is 1. The van der Waals surface area contributed by atoms with E-state index in [4.69, 9.17) is 9.05 Å². The Morgan fingerprint density at radius 3 is 1.66 bits per heavy atom. The number of carbonyl (C=O) groups excluding carboxylic acids is 1. The van der Waals surface area contributed by atoms with Gasteiger partial charge >= 0.3 is 7.82 Å². The number of quaternary nitrogens is 1. The van der Waals surface area contributed by atoms with Crippen LogP contribution in [0.1, 0.15) is 155 Å². The van der Waals surface area contributed by atoms with Gasteiger partial charge in [0.05, 0.1) is 39.9 Å². The predicted molar refractivity (Wildman–Crippen MR) is 185 cm³/mol. The Balaban J connectivity index is 4.10. The van der Waals surface area contributed by atoms with Gasteiger partial charge in [-0.05, 0) is 19.3 Å². The molecule has 0 bridgehead atoms. The molecule has 1 amide bonds. The van der Waals surface area contributed by atoms with Crippen LogP contribution in [0, 0.1) is 0 Å². The summed E-state index contributed by atoms with van der Waals surface area (Å²) in [6, 6.07) is -0.835. The number of likely N-dealkylation sites (N-methyl/N-ethyl adjacent to an activating group) is 1. The first-order valence-corrected chi connectivity index (χ1v) is 19.6. The molecule has 0 aromatic carbocycles. The van der Waals surface area contributed by atoms with E-state index in [-0.39, 0.29) is 19.1 Å². The minimum atomic E-state index is -4.30. The number of aliphatic hydroxyl groups excluding tert-OH is 1. The lowest BCUT2D eigenvalue weighted by Gasteiger charge is -2.25. The molecule has 0 radical (unpaired) electrons. The molecule has 3 atom stereocenters. The van der Waals surface area contributed by atoms with Gasteiger partial charge in [0.25, 0.3) is 0 Å². The Labute approximate surface area is 272 Å². The summed E-state index contributed by atoms with van der Waals surface area (Å²) in [5.74, 6) is -0.213. The topological polar surface area (TPSA) is 105 Å². The molecule has 0 fully saturated rings. The Kier molecular flexibility index (Phi) is 28.0. The second-order valence-electron chi connectivity index (χ2n) is 13.6. The minimum Gasteiger partial charge on any atom is -0.387 e. The summed E-state index contributed by atoms with van der Waals surface area (Å²) in [6.45, 7) is 4.56. The zero-order chi connectivity index (χ0) is 32.9. The monoisotopic (exact) mass is 648 g/mol. The smallest absolute Gasteiger partial charge is 0.387 e. The van der Waals surface area contributed by atoms with Crippen LogP contribution in [0.15, 0.2) is 12.2 Å². The standard InChI is InChI=1S/C35H71N2O6P/c1-6-8-10-11-12-13-14-15-16-17-18-19-20-21-22-23-24-25-26-27-28-34(38)33(36-35(39)29-9-7-2)32-43-44(40,41)42-31-30-37(3,4)5/h27-28,33-34,38H,6-26,29-32H2,1-5H3,(H-,36,39,40,41)/p+1/b28-27+. The van der Waals surface area contributed by atoms with Crippen molar-refractivity contribution in [2.45, 2.75) is 167 Å². The van der Waals surface area contributed by atoms with Crippen molar-refractivity contribution in [3.05, 3.63) is 12.2 Å². The van der Waals surface area contributed by atoms with E-state index in [9.17, 15) is 19.4 Å². The second-order valence-corrected chi connectivity index (χ2v) is 15.1. The molecule has 0 aliphatic heterocycles. The highest BCUT2D eigenvalue weighted by Gasteiger charge is 2.27. The molecule has 0 saturated carbocycles. The highest BCUT2D eigenvalue weighted by molar-refractivity contribution is 7.47. The number of allylic oxidation sites excluding steroid dienone is 1. The number of amides is 1. The fourth-order valence-corrected chi connectivity index (χ4v) is 5.75. The van der Waals surface area contributed by atoms with Crippen LogP contribution in [0.3, 0.4) is 0 Å². The van der Waals surface area contributed by atoms with E-state index >= 15 is 0 Å². The predicted octanol–water partition coefficient (Wildman–Crippen LogP) is 8.85. The molecule has 0 aromatic heterocycles. The van der Waals surface area contributed by atoms with E-state index in [1.165, 1.54) is 103 Å². The van der Waals surface area contributed by atoms with Gasteiger partial charge in [-0.15, -0.1) is 0 Å². The van der Waals surface area contributed by atoms with Crippen molar-refractivity contribution in [3.8, 4) is 0 Å². The third-order valence-electron chi connectivity index (χ3n) is 8.01. The first-order valence-electron chi connectivity index (χ1n) is 18.1. The van der Waals surface area contributed by atoms with Crippen molar-refractivity contribution < 1.29 is 32.9 Å². The van der Waals surface area contributed by atoms with Crippen molar-refractivity contribution in [2.24, 2.45) is 0 Å². The maximum Gasteiger partial charge on any atom is 0.472 e. The van der Waals surface area contributed by atoms with Gasteiger partial charge in [0.2, 0.25) is 5.91 Å². The first kappa shape index (κ1) is 43.2. The van der Waals surface area contributed by atoms with Gasteiger partial charge in [-0.25, -0.2) is 4.57 Å². The summed E-state index contributed by atoms with van der Waals surface area (Å²) in [6.07, 6.45) is 29.6. The molecule has 0 spiro atoms. The summed E-state index contributed by atoms with van der Waals surface area (Å²) in [4.78, 5) is 22.4. The maximum atomic E-state index is 12.3. The molecule has 0 rings (SSSR count). The minimum absolute atomic E-state index is 0.0622. The Bertz CT molecular complexity index is 743. The van der Waals surface area contributed by atoms with Gasteiger partial charge in [0.1, 0.15) is 13.2 Å². The van der Waals surface area contributed by atoms with Crippen LogP contribution in [-0.2, 0) is 18.4 Å². The number of hydrogen-bond donors (Lipinski definition) is 3. The van der Waals surface area contributed by atoms with E-state index < -0.39 is 20.0 Å². The highest BCUT2D eigenvalue weighted by Crippen LogP contribution is 2.43. The molecule has 3 unspecified atom stereocenters. The van der Waals surface area contributed by atoms with Gasteiger partial charge in [-0.2, -0.15) is 0 Å². The van der Waals surface area contributed by atoms with Crippen LogP contribution < -0.4 is 5.32 Å². The molecule has 3 N–H and O–H groups in total. The number of phosphoric ester groups is 1. The van der Waals surface area contributed by atoms with Crippen molar-refractivity contribution in [1.82, 2.24) is 5.32 Å². The lowest BCUT2D eigenvalue weighted by Crippen LogP contribution is -2.45. The summed E-state index contributed by atoms with van der Waals surface area (Å²) in [7, 11) is 1.57. The van der Waals surface area contributed by atoms with Gasteiger partial charge in [0, 0.05) is 6.42 Å². The van der Waals surface area contributed by atoms with E-state index in [2.05, 4.69) is 12.2 Å². The molecule has 9 heteroatoms. The molecular weight excluding hydrogens is 575 g/mol. The first-order chi connectivity index (χ1) is 21.0. The number of phosphoric acid groups is 1. The van der Waals surface area contributed by atoms with E-state index in [1.54, 1.807) is 6.08 Å². The van der Waals surface area contributed by atoms with Crippen LogP contribution in [-0.4, -0.2) is 73.4 Å². The fourth-order valence-electron chi connectivity index (χ4n) is 5.02. The molecule has 0 aliphatic rings. The maximum absolute atomic E-state index is 12.3. The third-order valence-corrected chi connectivity index (χ3v) is 8.99. The number of hydrogen-bond acceptors (Lipinski definition) is 5. The van der Waals surface area contributed by atoms with Crippen LogP contribution in [0.25, 0.3) is 0 Å². The van der Waals surface area contributed by atoms with Gasteiger partial charge < -0.3 is 19.8 Å². The van der Waals surface area contributed by atoms with Crippen molar-refractivity contribution in [1.29, 1.82) is 0 Å². The number of carbonyl (C=O) groups is 1. The van der Waals surface area contributed by atoms with Crippen molar-refractivity contribution in [2.75, 3.05) is 40.9 Å². The molecule has 262 valence electrons. The lowest BCUT2D eigenvalue weighted by molar-refractivity contribution is -0.870. The number of aliphatic hydroxyl groups is 1. The second kappa shape index (κ2) is 28.5. The van der Waals surface area contributed by atoms with Gasteiger partial charge in [-0.1, -0.05) is 142 Å². The van der Waals surface area contributed by atoms with Crippen molar-refractivity contribution >= 4 is 13.7 Å². The molecule has 0 heterocycles. The average molecular weight is 648 g/mol. The van der Waals surface area contributed by atoms with E-state index in [0.717, 1.165) is 32.1 Å². The normalized spacial score (nSPS) is 15.0. The Hall–Kier alpha value is -0.760. The average Bonchev–Trinajstić information content (AvgIpc) is 2.96. The Morgan fingerprint density at radius 1 is 0.750 bits per heavy atom. The molecule has 0 aromatic rings. The SMILES string of the molecule is CCCCCCCCCCCCCCCCCCCC/C=C/C(O)C(COP(=O)(O)OCC[N+](C)(C)C)NC(=O)CCCC. The highest BCUT2D eigenvalue weighted by atomic mass is 31.2. The number of nitrogens with one attached hydrogen (secondary N) is 1. The van der Waals surface area contributed by atoms with Crippen LogP contribution in [0.4, 0.5) is 0 Å². The molecule has 0 saturated heterocycles.